The maximum Gasteiger partial charge on any atom is 0.261 e. The van der Waals surface area contributed by atoms with E-state index in [0.717, 1.165) is 25.1 Å². The van der Waals surface area contributed by atoms with Crippen molar-refractivity contribution in [3.05, 3.63) is 58.6 Å². The zero-order valence-electron chi connectivity index (χ0n) is 17.5. The molecule has 1 saturated heterocycles. The molecule has 0 radical (unpaired) electrons. The number of nitrogens with zero attached hydrogens (tertiary/aromatic N) is 1. The molecule has 0 aliphatic carbocycles. The number of hydrogen-bond donors (Lipinski definition) is 2. The first kappa shape index (κ1) is 22.6. The van der Waals surface area contributed by atoms with Crippen LogP contribution in [-0.2, 0) is 10.0 Å². The van der Waals surface area contributed by atoms with Gasteiger partial charge in [0.25, 0.3) is 15.9 Å². The van der Waals surface area contributed by atoms with Crippen LogP contribution in [0.25, 0.3) is 0 Å². The summed E-state index contributed by atoms with van der Waals surface area (Å²) in [5.74, 6) is 0.0145. The number of aryl methyl sites for hydroxylation is 1. The summed E-state index contributed by atoms with van der Waals surface area (Å²) in [7, 11) is -3.85. The Labute approximate surface area is 183 Å². The zero-order chi connectivity index (χ0) is 21.9. The quantitative estimate of drug-likeness (QED) is 0.671. The minimum Gasteiger partial charge on any atom is -0.352 e. The van der Waals surface area contributed by atoms with Crippen LogP contribution in [0, 0.1) is 12.8 Å². The van der Waals surface area contributed by atoms with Gasteiger partial charge in [0.05, 0.1) is 15.5 Å². The summed E-state index contributed by atoms with van der Waals surface area (Å²) in [5.41, 5.74) is 1.56. The molecule has 30 heavy (non-hydrogen) atoms. The smallest absolute Gasteiger partial charge is 0.261 e. The van der Waals surface area contributed by atoms with Crippen LogP contribution in [0.5, 0.6) is 0 Å². The maximum absolute atomic E-state index is 12.8. The van der Waals surface area contributed by atoms with Crippen LogP contribution >= 0.6 is 11.6 Å². The molecule has 2 aromatic carbocycles. The van der Waals surface area contributed by atoms with E-state index in [2.05, 4.69) is 28.8 Å². The van der Waals surface area contributed by atoms with Gasteiger partial charge in [-0.3, -0.25) is 9.52 Å². The van der Waals surface area contributed by atoms with E-state index in [1.54, 1.807) is 18.2 Å². The minimum absolute atomic E-state index is 0.00888. The Morgan fingerprint density at radius 1 is 1.23 bits per heavy atom. The highest BCUT2D eigenvalue weighted by Gasteiger charge is 2.25. The second kappa shape index (κ2) is 9.37. The lowest BCUT2D eigenvalue weighted by Crippen LogP contribution is -2.33. The number of carbonyl (C=O) groups is 1. The third-order valence-corrected chi connectivity index (χ3v) is 7.07. The number of rotatable bonds is 7. The van der Waals surface area contributed by atoms with Crippen LogP contribution in [0.4, 0.5) is 5.69 Å². The molecule has 1 aliphatic heterocycles. The third-order valence-electron chi connectivity index (χ3n) is 5.36. The van der Waals surface area contributed by atoms with Gasteiger partial charge in [0.2, 0.25) is 0 Å². The molecule has 1 heterocycles. The second-order valence-electron chi connectivity index (χ2n) is 8.07. The van der Waals surface area contributed by atoms with Gasteiger partial charge in [-0.05, 0) is 75.5 Å². The Hall–Kier alpha value is -2.09. The van der Waals surface area contributed by atoms with Crippen molar-refractivity contribution in [2.45, 2.75) is 38.1 Å². The molecule has 2 N–H and O–H groups in total. The molecule has 1 amide bonds. The highest BCUT2D eigenvalue weighted by Crippen LogP contribution is 2.23. The number of amides is 1. The van der Waals surface area contributed by atoms with Crippen LogP contribution in [-0.4, -0.2) is 44.9 Å². The van der Waals surface area contributed by atoms with Crippen molar-refractivity contribution >= 4 is 33.2 Å². The van der Waals surface area contributed by atoms with Crippen LogP contribution in [0.2, 0.25) is 5.02 Å². The first-order valence-electron chi connectivity index (χ1n) is 10.1. The molecular formula is C22H28ClN3O3S. The van der Waals surface area contributed by atoms with Gasteiger partial charge in [-0.15, -0.1) is 0 Å². The Morgan fingerprint density at radius 2 is 2.00 bits per heavy atom. The molecule has 3 rings (SSSR count). The number of sulfonamides is 1. The lowest BCUT2D eigenvalue weighted by atomic mass is 10.1. The number of hydrogen-bond acceptors (Lipinski definition) is 4. The molecule has 0 saturated carbocycles. The normalized spacial score (nSPS) is 17.3. The van der Waals surface area contributed by atoms with Crippen molar-refractivity contribution in [2.24, 2.45) is 5.92 Å². The van der Waals surface area contributed by atoms with Gasteiger partial charge < -0.3 is 10.2 Å². The fourth-order valence-corrected chi connectivity index (χ4v) is 4.88. The number of likely N-dealkylation sites (tertiary alicyclic amines) is 1. The van der Waals surface area contributed by atoms with Crippen molar-refractivity contribution in [2.75, 3.05) is 24.4 Å². The van der Waals surface area contributed by atoms with E-state index in [-0.39, 0.29) is 21.4 Å². The molecule has 0 bridgehead atoms. The first-order chi connectivity index (χ1) is 14.2. The van der Waals surface area contributed by atoms with Crippen molar-refractivity contribution in [3.63, 3.8) is 0 Å². The number of nitrogens with one attached hydrogen (secondary N) is 2. The molecule has 1 aliphatic rings. The molecule has 0 spiro atoms. The van der Waals surface area contributed by atoms with E-state index in [1.165, 1.54) is 18.2 Å². The van der Waals surface area contributed by atoms with E-state index in [4.69, 9.17) is 11.6 Å². The molecule has 1 unspecified atom stereocenters. The van der Waals surface area contributed by atoms with Crippen molar-refractivity contribution in [1.29, 1.82) is 0 Å². The number of halogens is 1. The van der Waals surface area contributed by atoms with Gasteiger partial charge in [-0.1, -0.05) is 23.7 Å². The van der Waals surface area contributed by atoms with E-state index in [0.29, 0.717) is 24.2 Å². The maximum atomic E-state index is 12.8. The molecular weight excluding hydrogens is 422 g/mol. The van der Waals surface area contributed by atoms with Gasteiger partial charge in [-0.25, -0.2) is 8.42 Å². The summed E-state index contributed by atoms with van der Waals surface area (Å²) in [6, 6.07) is 11.7. The Bertz CT molecular complexity index is 1020. The summed E-state index contributed by atoms with van der Waals surface area (Å²) >= 11 is 6.20. The average molecular weight is 450 g/mol. The fraction of sp³-hybridized carbons (Fsp3) is 0.409. The molecule has 8 heteroatoms. The van der Waals surface area contributed by atoms with Crippen molar-refractivity contribution < 1.29 is 13.2 Å². The summed E-state index contributed by atoms with van der Waals surface area (Å²) in [4.78, 5) is 15.1. The van der Waals surface area contributed by atoms with Crippen molar-refractivity contribution in [3.8, 4) is 0 Å². The minimum atomic E-state index is -3.85. The molecule has 1 fully saturated rings. The van der Waals surface area contributed by atoms with E-state index >= 15 is 0 Å². The topological polar surface area (TPSA) is 78.5 Å². The number of anilines is 1. The highest BCUT2D eigenvalue weighted by atomic mass is 35.5. The largest absolute Gasteiger partial charge is 0.352 e. The van der Waals surface area contributed by atoms with Gasteiger partial charge in [0.1, 0.15) is 0 Å². The summed E-state index contributed by atoms with van der Waals surface area (Å²) in [6.45, 7) is 8.72. The lowest BCUT2D eigenvalue weighted by molar-refractivity contribution is 0.0947. The molecule has 2 aromatic rings. The van der Waals surface area contributed by atoms with Gasteiger partial charge in [0.15, 0.2) is 0 Å². The van der Waals surface area contributed by atoms with Gasteiger partial charge >= 0.3 is 0 Å². The summed E-state index contributed by atoms with van der Waals surface area (Å²) < 4.78 is 28.1. The SMILES string of the molecule is Cc1cccc(NS(=O)(=O)c2ccc(Cl)c(C(=O)NCC3CCN(C(C)C)C3)c2)c1. The van der Waals surface area contributed by atoms with Gasteiger partial charge in [-0.2, -0.15) is 0 Å². The standard InChI is InChI=1S/C22H28ClN3O3S/c1-15(2)26-10-9-17(14-26)13-24-22(27)20-12-19(7-8-21(20)23)30(28,29)25-18-6-4-5-16(3)11-18/h4-8,11-12,15,17,25H,9-10,13-14H2,1-3H3,(H,24,27). The van der Waals surface area contributed by atoms with Crippen LogP contribution in [0.1, 0.15) is 36.2 Å². The Balaban J connectivity index is 1.70. The number of benzene rings is 2. The van der Waals surface area contributed by atoms with Crippen LogP contribution in [0.3, 0.4) is 0 Å². The second-order valence-corrected chi connectivity index (χ2v) is 10.2. The van der Waals surface area contributed by atoms with E-state index in [9.17, 15) is 13.2 Å². The molecule has 0 aromatic heterocycles. The Kier molecular flexibility index (Phi) is 7.06. The van der Waals surface area contributed by atoms with Crippen molar-refractivity contribution in [1.82, 2.24) is 10.2 Å². The Morgan fingerprint density at radius 3 is 2.67 bits per heavy atom. The molecule has 162 valence electrons. The fourth-order valence-electron chi connectivity index (χ4n) is 3.60. The van der Waals surface area contributed by atoms with Crippen LogP contribution in [0.15, 0.2) is 47.4 Å². The predicted molar refractivity (Wildman–Crippen MR) is 121 cm³/mol. The summed E-state index contributed by atoms with van der Waals surface area (Å²) in [5, 5.41) is 3.13. The lowest BCUT2D eigenvalue weighted by Gasteiger charge is -2.20. The molecule has 6 nitrogen and oxygen atoms in total. The van der Waals surface area contributed by atoms with Gasteiger partial charge in [0, 0.05) is 24.8 Å². The third kappa shape index (κ3) is 5.53. The van der Waals surface area contributed by atoms with E-state index < -0.39 is 10.0 Å². The molecule has 1 atom stereocenters. The first-order valence-corrected chi connectivity index (χ1v) is 11.9. The number of carbonyl (C=O) groups excluding carboxylic acids is 1. The zero-order valence-corrected chi connectivity index (χ0v) is 19.1. The highest BCUT2D eigenvalue weighted by molar-refractivity contribution is 7.92. The van der Waals surface area contributed by atoms with Crippen LogP contribution < -0.4 is 10.0 Å². The van der Waals surface area contributed by atoms with E-state index in [1.807, 2.05) is 13.0 Å². The predicted octanol–water partition coefficient (Wildman–Crippen LogP) is 3.91. The average Bonchev–Trinajstić information content (AvgIpc) is 3.15. The monoisotopic (exact) mass is 449 g/mol. The summed E-state index contributed by atoms with van der Waals surface area (Å²) in [6.07, 6.45) is 1.03.